The minimum atomic E-state index is 0.390. The van der Waals surface area contributed by atoms with Crippen LogP contribution < -0.4 is 0 Å². The van der Waals surface area contributed by atoms with E-state index in [0.717, 1.165) is 70.9 Å². The van der Waals surface area contributed by atoms with Crippen molar-refractivity contribution in [2.75, 3.05) is 0 Å². The standard InChI is InChI=1S/C57H91N5O2/c1-4-7-9-11-13-19-34-57(35-20-14-12-10-8-5-2)49-37-41(54-59-58-53(63-54)40-30-33-52-48(36-40)46-25-17-18-27-51(46)62(52)6-3)28-31-44(49)45-32-29-42(38-50(45)57)55-60-61-56(64-55)47-26-21-23-39-22-15-16-24-43(39)47/h6,39-52H,3-5,7-38H2,1-2H3. The van der Waals surface area contributed by atoms with Crippen molar-refractivity contribution in [3.63, 3.8) is 0 Å². The van der Waals surface area contributed by atoms with Gasteiger partial charge in [-0.3, -0.25) is 0 Å². The van der Waals surface area contributed by atoms with E-state index < -0.39 is 0 Å². The summed E-state index contributed by atoms with van der Waals surface area (Å²) in [6.07, 6.45) is 48.1. The number of hydrogen-bond donors (Lipinski definition) is 0. The summed E-state index contributed by atoms with van der Waals surface area (Å²) in [7, 11) is 0. The predicted molar refractivity (Wildman–Crippen MR) is 258 cm³/mol. The van der Waals surface area contributed by atoms with Crippen molar-refractivity contribution in [1.29, 1.82) is 0 Å². The highest BCUT2D eigenvalue weighted by atomic mass is 16.4. The van der Waals surface area contributed by atoms with Gasteiger partial charge >= 0.3 is 0 Å². The second-order valence-electron chi connectivity index (χ2n) is 23.9. The van der Waals surface area contributed by atoms with Gasteiger partial charge in [-0.1, -0.05) is 142 Å². The van der Waals surface area contributed by atoms with Gasteiger partial charge in [0.2, 0.25) is 23.6 Å². The average Bonchev–Trinajstić information content (AvgIpc) is 4.15. The molecular formula is C57H91N5O2. The van der Waals surface area contributed by atoms with Gasteiger partial charge < -0.3 is 13.7 Å². The van der Waals surface area contributed by atoms with Crippen molar-refractivity contribution in [3.05, 3.63) is 36.3 Å². The SMILES string of the molecule is C=CN1C2CCCCC2C2CC(c3nnc(C4CCC5C6CCC(c7nnc(C8CCCC9CCCCC98)o7)CC6C(CCCCCCCC)(CCCCCCCC)C5C4)o3)CCC21. The van der Waals surface area contributed by atoms with E-state index in [4.69, 9.17) is 29.2 Å². The number of unbranched alkanes of at least 4 members (excludes halogenated alkanes) is 10. The smallest absolute Gasteiger partial charge is 0.219 e. The normalized spacial score (nSPS) is 37.9. The number of fused-ring (bicyclic) bond motifs is 7. The Kier molecular flexibility index (Phi) is 15.0. The Morgan fingerprint density at radius 3 is 1.62 bits per heavy atom. The summed E-state index contributed by atoms with van der Waals surface area (Å²) in [5.41, 5.74) is 0.390. The highest BCUT2D eigenvalue weighted by Gasteiger charge is 2.62. The van der Waals surface area contributed by atoms with Crippen molar-refractivity contribution in [2.45, 2.75) is 268 Å². The zero-order valence-corrected chi connectivity index (χ0v) is 41.0. The zero-order chi connectivity index (χ0) is 43.5. The first-order chi connectivity index (χ1) is 31.6. The molecule has 1 saturated heterocycles. The van der Waals surface area contributed by atoms with E-state index in [2.05, 4.69) is 31.5 Å². The molecule has 0 radical (unpaired) electrons. The third-order valence-electron chi connectivity index (χ3n) is 20.8. The lowest BCUT2D eigenvalue weighted by molar-refractivity contribution is 0.0397. The molecule has 0 spiro atoms. The fourth-order valence-electron chi connectivity index (χ4n) is 17.9. The van der Waals surface area contributed by atoms with E-state index in [0.29, 0.717) is 41.2 Å². The largest absolute Gasteiger partial charge is 0.425 e. The van der Waals surface area contributed by atoms with Crippen LogP contribution in [0.2, 0.25) is 0 Å². The van der Waals surface area contributed by atoms with Crippen LogP contribution in [0.3, 0.4) is 0 Å². The summed E-state index contributed by atoms with van der Waals surface area (Å²) in [6.45, 7) is 9.01. The number of rotatable bonds is 19. The highest BCUT2D eigenvalue weighted by Crippen LogP contribution is 2.69. The van der Waals surface area contributed by atoms with E-state index in [9.17, 15) is 0 Å². The molecule has 2 aromatic rings. The lowest BCUT2D eigenvalue weighted by atomic mass is 9.58. The Hall–Kier alpha value is -2.18. The van der Waals surface area contributed by atoms with Crippen LogP contribution in [0.15, 0.2) is 21.6 Å². The summed E-state index contributed by atoms with van der Waals surface area (Å²) in [4.78, 5) is 2.69. The van der Waals surface area contributed by atoms with Gasteiger partial charge in [0.05, 0.1) is 0 Å². The molecule has 14 atom stereocenters. The summed E-state index contributed by atoms with van der Waals surface area (Å²) < 4.78 is 13.9. The molecule has 64 heavy (non-hydrogen) atoms. The molecule has 8 aliphatic rings. The van der Waals surface area contributed by atoms with Gasteiger partial charge in [-0.15, -0.1) is 20.4 Å². The Balaban J connectivity index is 0.887. The van der Waals surface area contributed by atoms with Gasteiger partial charge in [-0.25, -0.2) is 0 Å². The highest BCUT2D eigenvalue weighted by molar-refractivity contribution is 5.15. The molecule has 0 aromatic carbocycles. The van der Waals surface area contributed by atoms with Crippen molar-refractivity contribution in [2.24, 2.45) is 52.8 Å². The molecule has 1 aliphatic heterocycles. The van der Waals surface area contributed by atoms with Crippen LogP contribution in [0.4, 0.5) is 0 Å². The van der Waals surface area contributed by atoms with Crippen LogP contribution in [0, 0.1) is 52.8 Å². The van der Waals surface area contributed by atoms with Crippen molar-refractivity contribution in [3.8, 4) is 0 Å². The molecule has 7 aliphatic carbocycles. The molecule has 2 aromatic heterocycles. The second-order valence-corrected chi connectivity index (χ2v) is 23.9. The predicted octanol–water partition coefficient (Wildman–Crippen LogP) is 16.0. The average molecular weight is 878 g/mol. The molecule has 0 bridgehead atoms. The fourth-order valence-corrected chi connectivity index (χ4v) is 17.9. The zero-order valence-electron chi connectivity index (χ0n) is 41.0. The molecule has 8 fully saturated rings. The van der Waals surface area contributed by atoms with Gasteiger partial charge in [-0.2, -0.15) is 0 Å². The lowest BCUT2D eigenvalue weighted by Crippen LogP contribution is -2.38. The molecule has 356 valence electrons. The first-order valence-corrected chi connectivity index (χ1v) is 28.7. The molecule has 10 rings (SSSR count). The third kappa shape index (κ3) is 9.10. The van der Waals surface area contributed by atoms with Crippen molar-refractivity contribution < 1.29 is 8.83 Å². The van der Waals surface area contributed by atoms with Crippen molar-refractivity contribution >= 4 is 0 Å². The van der Waals surface area contributed by atoms with Gasteiger partial charge in [0.25, 0.3) is 0 Å². The van der Waals surface area contributed by atoms with Gasteiger partial charge in [0.15, 0.2) is 0 Å². The molecule has 7 nitrogen and oxygen atoms in total. The van der Waals surface area contributed by atoms with E-state index >= 15 is 0 Å². The summed E-state index contributed by atoms with van der Waals surface area (Å²) in [5.74, 6) is 12.1. The Morgan fingerprint density at radius 1 is 0.484 bits per heavy atom. The van der Waals surface area contributed by atoms with E-state index in [1.807, 2.05) is 0 Å². The third-order valence-corrected chi connectivity index (χ3v) is 20.8. The summed E-state index contributed by atoms with van der Waals surface area (Å²) in [6, 6.07) is 1.38. The number of nitrogens with zero attached hydrogens (tertiary/aromatic N) is 5. The Bertz CT molecular complexity index is 1750. The molecule has 0 amide bonds. The molecule has 7 saturated carbocycles. The fraction of sp³-hybridized carbons (Fsp3) is 0.895. The quantitative estimate of drug-likeness (QED) is 0.130. The monoisotopic (exact) mass is 878 g/mol. The molecule has 14 unspecified atom stereocenters. The van der Waals surface area contributed by atoms with Crippen molar-refractivity contribution in [1.82, 2.24) is 25.3 Å². The molecular weight excluding hydrogens is 787 g/mol. The number of hydrogen-bond acceptors (Lipinski definition) is 7. The maximum absolute atomic E-state index is 6.98. The van der Waals surface area contributed by atoms with Crippen LogP contribution in [0.1, 0.15) is 279 Å². The first-order valence-electron chi connectivity index (χ1n) is 28.7. The minimum Gasteiger partial charge on any atom is -0.425 e. The summed E-state index contributed by atoms with van der Waals surface area (Å²) >= 11 is 0. The molecule has 3 heterocycles. The maximum Gasteiger partial charge on any atom is 0.219 e. The first kappa shape index (κ1) is 45.6. The van der Waals surface area contributed by atoms with Gasteiger partial charge in [0.1, 0.15) is 0 Å². The number of aromatic nitrogens is 4. The Morgan fingerprint density at radius 2 is 0.984 bits per heavy atom. The molecule has 7 heteroatoms. The maximum atomic E-state index is 6.98. The Labute approximate surface area is 389 Å². The van der Waals surface area contributed by atoms with Crippen LogP contribution in [-0.4, -0.2) is 37.4 Å². The van der Waals surface area contributed by atoms with Gasteiger partial charge in [-0.05, 0) is 155 Å². The number of likely N-dealkylation sites (tertiary alicyclic amines) is 1. The van der Waals surface area contributed by atoms with Crippen LogP contribution in [0.5, 0.6) is 0 Å². The van der Waals surface area contributed by atoms with E-state index in [1.165, 1.54) is 218 Å². The lowest BCUT2D eigenvalue weighted by Gasteiger charge is -2.46. The van der Waals surface area contributed by atoms with Crippen LogP contribution >= 0.6 is 0 Å². The minimum absolute atomic E-state index is 0.390. The van der Waals surface area contributed by atoms with Crippen LogP contribution in [0.25, 0.3) is 0 Å². The van der Waals surface area contributed by atoms with Gasteiger partial charge in [0, 0.05) is 35.8 Å². The molecule has 0 N–H and O–H groups in total. The summed E-state index contributed by atoms with van der Waals surface area (Å²) in [5, 5.41) is 19.9. The topological polar surface area (TPSA) is 81.1 Å². The second kappa shape index (κ2) is 21.0. The van der Waals surface area contributed by atoms with E-state index in [-0.39, 0.29) is 0 Å². The van der Waals surface area contributed by atoms with Crippen LogP contribution in [-0.2, 0) is 0 Å². The van der Waals surface area contributed by atoms with E-state index in [1.54, 1.807) is 0 Å².